The van der Waals surface area contributed by atoms with E-state index in [0.717, 1.165) is 0 Å². The third-order valence-corrected chi connectivity index (χ3v) is 2.48. The summed E-state index contributed by atoms with van der Waals surface area (Å²) < 4.78 is 5.24. The van der Waals surface area contributed by atoms with Crippen LogP contribution in [-0.4, -0.2) is 4.98 Å². The van der Waals surface area contributed by atoms with Crippen LogP contribution in [0.5, 0.6) is 0 Å². The molecule has 1 heterocycles. The van der Waals surface area contributed by atoms with Crippen LogP contribution in [0, 0.1) is 0 Å². The van der Waals surface area contributed by atoms with Gasteiger partial charge < -0.3 is 10.2 Å². The Hall–Kier alpha value is -1.03. The van der Waals surface area contributed by atoms with E-state index in [9.17, 15) is 0 Å². The van der Waals surface area contributed by atoms with Gasteiger partial charge in [0.15, 0.2) is 0 Å². The van der Waals surface area contributed by atoms with E-state index in [1.165, 1.54) is 6.26 Å². The average molecular weight is 243 g/mol. The Bertz CT molecular complexity index is 482. The number of aromatic nitrogens is 1. The van der Waals surface area contributed by atoms with Crippen molar-refractivity contribution in [3.8, 4) is 11.5 Å². The van der Waals surface area contributed by atoms with Crippen molar-refractivity contribution >= 4 is 23.2 Å². The van der Waals surface area contributed by atoms with Gasteiger partial charge in [-0.25, -0.2) is 4.98 Å². The molecule has 0 bridgehead atoms. The van der Waals surface area contributed by atoms with Gasteiger partial charge in [0.25, 0.3) is 0 Å². The van der Waals surface area contributed by atoms with Crippen LogP contribution in [0.1, 0.15) is 5.69 Å². The van der Waals surface area contributed by atoms with Gasteiger partial charge in [-0.05, 0) is 18.2 Å². The molecule has 3 nitrogen and oxygen atoms in total. The first-order valence-electron chi connectivity index (χ1n) is 4.30. The molecular weight excluding hydrogens is 235 g/mol. The summed E-state index contributed by atoms with van der Waals surface area (Å²) >= 11 is 11.8. The Morgan fingerprint density at radius 3 is 2.80 bits per heavy atom. The molecule has 1 aromatic heterocycles. The minimum atomic E-state index is 0.335. The van der Waals surface area contributed by atoms with E-state index in [4.69, 9.17) is 33.4 Å². The van der Waals surface area contributed by atoms with Crippen molar-refractivity contribution < 1.29 is 4.42 Å². The number of halogens is 2. The van der Waals surface area contributed by atoms with Gasteiger partial charge in [-0.1, -0.05) is 23.2 Å². The Balaban J connectivity index is 2.48. The molecule has 0 radical (unpaired) electrons. The van der Waals surface area contributed by atoms with Gasteiger partial charge in [0, 0.05) is 11.6 Å². The van der Waals surface area contributed by atoms with E-state index < -0.39 is 0 Å². The maximum absolute atomic E-state index is 5.99. The van der Waals surface area contributed by atoms with Crippen molar-refractivity contribution in [2.75, 3.05) is 0 Å². The number of benzene rings is 1. The summed E-state index contributed by atoms with van der Waals surface area (Å²) in [4.78, 5) is 4.17. The molecule has 2 N–H and O–H groups in total. The molecule has 2 rings (SSSR count). The number of hydrogen-bond donors (Lipinski definition) is 1. The van der Waals surface area contributed by atoms with Crippen LogP contribution in [0.4, 0.5) is 0 Å². The van der Waals surface area contributed by atoms with Crippen LogP contribution in [0.3, 0.4) is 0 Å². The Kier molecular flexibility index (Phi) is 2.95. The number of nitrogens with two attached hydrogens (primary N) is 1. The van der Waals surface area contributed by atoms with Crippen molar-refractivity contribution in [2.24, 2.45) is 5.73 Å². The molecule has 0 aliphatic carbocycles. The van der Waals surface area contributed by atoms with Crippen molar-refractivity contribution in [3.63, 3.8) is 0 Å². The maximum Gasteiger partial charge on any atom is 0.227 e. The molecule has 0 aliphatic heterocycles. The number of rotatable bonds is 2. The summed E-state index contributed by atoms with van der Waals surface area (Å²) in [6.45, 7) is 0.335. The highest BCUT2D eigenvalue weighted by Gasteiger charge is 2.10. The molecule has 5 heteroatoms. The van der Waals surface area contributed by atoms with Crippen LogP contribution < -0.4 is 5.73 Å². The van der Waals surface area contributed by atoms with Crippen LogP contribution >= 0.6 is 23.2 Å². The molecule has 0 saturated heterocycles. The Morgan fingerprint density at radius 2 is 2.13 bits per heavy atom. The van der Waals surface area contributed by atoms with Crippen molar-refractivity contribution in [2.45, 2.75) is 6.54 Å². The van der Waals surface area contributed by atoms with E-state index in [-0.39, 0.29) is 0 Å². The highest BCUT2D eigenvalue weighted by molar-refractivity contribution is 6.35. The molecule has 0 unspecified atom stereocenters. The molecule has 0 atom stereocenters. The fourth-order valence-corrected chi connectivity index (χ4v) is 1.56. The molecule has 78 valence electrons. The van der Waals surface area contributed by atoms with E-state index in [2.05, 4.69) is 4.98 Å². The topological polar surface area (TPSA) is 52.0 Å². The van der Waals surface area contributed by atoms with Crippen molar-refractivity contribution in [1.82, 2.24) is 4.98 Å². The third-order valence-electron chi connectivity index (χ3n) is 1.92. The zero-order valence-electron chi connectivity index (χ0n) is 7.71. The SMILES string of the molecule is NCc1coc(-c2cc(Cl)ccc2Cl)n1. The van der Waals surface area contributed by atoms with Gasteiger partial charge in [0.05, 0.1) is 16.3 Å². The lowest BCUT2D eigenvalue weighted by Gasteiger charge is -1.99. The lowest BCUT2D eigenvalue weighted by molar-refractivity contribution is 0.572. The lowest BCUT2D eigenvalue weighted by atomic mass is 10.2. The first kappa shape index (κ1) is 10.5. The summed E-state index contributed by atoms with van der Waals surface area (Å²) in [6, 6.07) is 5.11. The van der Waals surface area contributed by atoms with Gasteiger partial charge in [0.2, 0.25) is 5.89 Å². The minimum Gasteiger partial charge on any atom is -0.444 e. The zero-order chi connectivity index (χ0) is 10.8. The molecular formula is C10H8Cl2N2O. The predicted octanol–water partition coefficient (Wildman–Crippen LogP) is 3.11. The first-order valence-corrected chi connectivity index (χ1v) is 5.06. The second kappa shape index (κ2) is 4.23. The summed E-state index contributed by atoms with van der Waals surface area (Å²) in [5.74, 6) is 0.433. The molecule has 0 amide bonds. The van der Waals surface area contributed by atoms with Gasteiger partial charge >= 0.3 is 0 Å². The summed E-state index contributed by atoms with van der Waals surface area (Å²) in [5, 5.41) is 1.13. The number of nitrogens with zero attached hydrogens (tertiary/aromatic N) is 1. The average Bonchev–Trinajstić information content (AvgIpc) is 2.70. The quantitative estimate of drug-likeness (QED) is 0.881. The van der Waals surface area contributed by atoms with Crippen molar-refractivity contribution in [3.05, 3.63) is 40.2 Å². The normalized spacial score (nSPS) is 10.6. The van der Waals surface area contributed by atoms with E-state index in [0.29, 0.717) is 33.7 Å². The van der Waals surface area contributed by atoms with E-state index in [1.54, 1.807) is 18.2 Å². The van der Waals surface area contributed by atoms with E-state index in [1.807, 2.05) is 0 Å². The number of oxazole rings is 1. The largest absolute Gasteiger partial charge is 0.444 e. The second-order valence-corrected chi connectivity index (χ2v) is 3.82. The molecule has 0 fully saturated rings. The van der Waals surface area contributed by atoms with Crippen LogP contribution in [-0.2, 0) is 6.54 Å². The van der Waals surface area contributed by atoms with Gasteiger partial charge in [-0.2, -0.15) is 0 Å². The third kappa shape index (κ3) is 2.15. The molecule has 0 aliphatic rings. The highest BCUT2D eigenvalue weighted by Crippen LogP contribution is 2.29. The summed E-state index contributed by atoms with van der Waals surface area (Å²) in [5.41, 5.74) is 6.78. The van der Waals surface area contributed by atoms with Crippen molar-refractivity contribution in [1.29, 1.82) is 0 Å². The molecule has 1 aromatic carbocycles. The molecule has 2 aromatic rings. The molecule has 15 heavy (non-hydrogen) atoms. The molecule has 0 saturated carbocycles. The fraction of sp³-hybridized carbons (Fsp3) is 0.100. The zero-order valence-corrected chi connectivity index (χ0v) is 9.22. The highest BCUT2D eigenvalue weighted by atomic mass is 35.5. The summed E-state index contributed by atoms with van der Waals surface area (Å²) in [7, 11) is 0. The lowest BCUT2D eigenvalue weighted by Crippen LogP contribution is -1.95. The fourth-order valence-electron chi connectivity index (χ4n) is 1.19. The standard InChI is InChI=1S/C10H8Cl2N2O/c11-6-1-2-9(12)8(3-6)10-14-7(4-13)5-15-10/h1-3,5H,4,13H2. The predicted molar refractivity (Wildman–Crippen MR) is 59.9 cm³/mol. The number of hydrogen-bond acceptors (Lipinski definition) is 3. The Labute approximate surface area is 96.8 Å². The Morgan fingerprint density at radius 1 is 1.33 bits per heavy atom. The minimum absolute atomic E-state index is 0.335. The van der Waals surface area contributed by atoms with Gasteiger partial charge in [-0.3, -0.25) is 0 Å². The smallest absolute Gasteiger partial charge is 0.227 e. The molecule has 0 spiro atoms. The van der Waals surface area contributed by atoms with Crippen LogP contribution in [0.25, 0.3) is 11.5 Å². The van der Waals surface area contributed by atoms with Crippen LogP contribution in [0.15, 0.2) is 28.9 Å². The van der Waals surface area contributed by atoms with Gasteiger partial charge in [0.1, 0.15) is 6.26 Å². The second-order valence-electron chi connectivity index (χ2n) is 2.97. The van der Waals surface area contributed by atoms with E-state index >= 15 is 0 Å². The van der Waals surface area contributed by atoms with Crippen LogP contribution in [0.2, 0.25) is 10.0 Å². The van der Waals surface area contributed by atoms with Gasteiger partial charge in [-0.15, -0.1) is 0 Å². The monoisotopic (exact) mass is 242 g/mol. The summed E-state index contributed by atoms with van der Waals surface area (Å²) in [6.07, 6.45) is 1.51. The first-order chi connectivity index (χ1) is 7.20. The maximum atomic E-state index is 5.99.